The molecule has 2 aromatic rings. The van der Waals surface area contributed by atoms with Gasteiger partial charge in [-0.3, -0.25) is 4.79 Å². The highest BCUT2D eigenvalue weighted by atomic mass is 19.1. The van der Waals surface area contributed by atoms with Gasteiger partial charge in [0.05, 0.1) is 18.3 Å². The number of likely N-dealkylation sites (tertiary alicyclic amines) is 1. The van der Waals surface area contributed by atoms with E-state index in [0.717, 1.165) is 6.20 Å². The zero-order valence-corrected chi connectivity index (χ0v) is 11.9. The summed E-state index contributed by atoms with van der Waals surface area (Å²) < 4.78 is 39.7. The van der Waals surface area contributed by atoms with Crippen LogP contribution >= 0.6 is 0 Å². The van der Waals surface area contributed by atoms with E-state index < -0.39 is 41.2 Å². The van der Waals surface area contributed by atoms with Gasteiger partial charge in [0.2, 0.25) is 0 Å². The highest BCUT2D eigenvalue weighted by Gasteiger charge is 2.37. The van der Waals surface area contributed by atoms with Crippen LogP contribution in [0.25, 0.3) is 0 Å². The number of hydrogen-bond donors (Lipinski definition) is 1. The molecule has 0 radical (unpaired) electrons. The average Bonchev–Trinajstić information content (AvgIpc) is 2.89. The number of rotatable bonds is 2. The quantitative estimate of drug-likeness (QED) is 0.924. The van der Waals surface area contributed by atoms with Crippen LogP contribution in [-0.2, 0) is 0 Å². The van der Waals surface area contributed by atoms with Crippen LogP contribution in [-0.4, -0.2) is 33.5 Å². The summed E-state index contributed by atoms with van der Waals surface area (Å²) in [5.74, 6) is -3.10. The van der Waals surface area contributed by atoms with Crippen LogP contribution in [0.3, 0.4) is 0 Å². The minimum atomic E-state index is -1.06. The lowest BCUT2D eigenvalue weighted by atomic mass is 10.0. The van der Waals surface area contributed by atoms with Crippen molar-refractivity contribution in [2.24, 2.45) is 0 Å². The number of β-amino-alcohol motifs (C(OH)–C–C–N with tert-alkyl or cyclic N) is 1. The molecular weight excluding hydrogens is 309 g/mol. The summed E-state index contributed by atoms with van der Waals surface area (Å²) in [6.45, 7) is -0.000622. The molecule has 1 N–H and O–H groups in total. The number of aliphatic hydroxyl groups excluding tert-OH is 1. The minimum Gasteiger partial charge on any atom is -0.391 e. The second-order valence-electron chi connectivity index (χ2n) is 5.40. The molecule has 7 heteroatoms. The minimum absolute atomic E-state index is 0.000622. The van der Waals surface area contributed by atoms with E-state index in [9.17, 15) is 23.1 Å². The first-order valence-corrected chi connectivity index (χ1v) is 7.01. The van der Waals surface area contributed by atoms with Gasteiger partial charge < -0.3 is 10.0 Å². The van der Waals surface area contributed by atoms with Gasteiger partial charge in [0.15, 0.2) is 11.5 Å². The van der Waals surface area contributed by atoms with Gasteiger partial charge in [0.25, 0.3) is 5.91 Å². The predicted octanol–water partition coefficient (Wildman–Crippen LogP) is 2.45. The molecule has 0 spiro atoms. The highest BCUT2D eigenvalue weighted by Crippen LogP contribution is 2.33. The Kier molecular flexibility index (Phi) is 4.04. The van der Waals surface area contributed by atoms with Gasteiger partial charge in [-0.25, -0.2) is 18.2 Å². The van der Waals surface area contributed by atoms with Crippen molar-refractivity contribution in [1.82, 2.24) is 9.88 Å². The number of carbonyl (C=O) groups excluding carboxylic acids is 1. The molecule has 0 aliphatic carbocycles. The van der Waals surface area contributed by atoms with Crippen LogP contribution in [0, 0.1) is 17.5 Å². The molecule has 1 saturated heterocycles. The number of benzene rings is 1. The monoisotopic (exact) mass is 322 g/mol. The Morgan fingerprint density at radius 1 is 1.17 bits per heavy atom. The maximum absolute atomic E-state index is 13.8. The van der Waals surface area contributed by atoms with E-state index >= 15 is 0 Å². The fourth-order valence-electron chi connectivity index (χ4n) is 2.75. The first-order chi connectivity index (χ1) is 11.0. The molecular formula is C16H13F3N2O2. The summed E-state index contributed by atoms with van der Waals surface area (Å²) in [5, 5.41) is 9.85. The number of carbonyl (C=O) groups is 1. The highest BCUT2D eigenvalue weighted by molar-refractivity contribution is 5.93. The molecule has 0 bridgehead atoms. The maximum Gasteiger partial charge on any atom is 0.276 e. The smallest absolute Gasteiger partial charge is 0.276 e. The molecule has 1 aromatic carbocycles. The van der Waals surface area contributed by atoms with Crippen molar-refractivity contribution in [3.8, 4) is 0 Å². The topological polar surface area (TPSA) is 53.4 Å². The summed E-state index contributed by atoms with van der Waals surface area (Å²) in [7, 11) is 0. The van der Waals surface area contributed by atoms with Crippen LogP contribution in [0.2, 0.25) is 0 Å². The second-order valence-corrected chi connectivity index (χ2v) is 5.40. The van der Waals surface area contributed by atoms with Crippen LogP contribution in [0.5, 0.6) is 0 Å². The number of amides is 1. The van der Waals surface area contributed by atoms with Crippen molar-refractivity contribution in [2.75, 3.05) is 6.54 Å². The maximum atomic E-state index is 13.8. The van der Waals surface area contributed by atoms with E-state index in [0.29, 0.717) is 11.6 Å². The summed E-state index contributed by atoms with van der Waals surface area (Å²) >= 11 is 0. The average molecular weight is 322 g/mol. The molecule has 1 aromatic heterocycles. The molecule has 1 aliphatic heterocycles. The van der Waals surface area contributed by atoms with Crippen LogP contribution < -0.4 is 0 Å². The lowest BCUT2D eigenvalue weighted by molar-refractivity contribution is 0.0704. The van der Waals surface area contributed by atoms with E-state index in [-0.39, 0.29) is 13.0 Å². The van der Waals surface area contributed by atoms with E-state index in [1.807, 2.05) is 0 Å². The third-order valence-corrected chi connectivity index (χ3v) is 3.81. The van der Waals surface area contributed by atoms with Crippen LogP contribution in [0.1, 0.15) is 28.5 Å². The Bertz CT molecular complexity index is 737. The molecule has 3 rings (SSSR count). The number of halogens is 3. The molecule has 0 unspecified atom stereocenters. The molecule has 2 atom stereocenters. The van der Waals surface area contributed by atoms with E-state index in [4.69, 9.17) is 0 Å². The Morgan fingerprint density at radius 3 is 2.52 bits per heavy atom. The van der Waals surface area contributed by atoms with Gasteiger partial charge in [-0.15, -0.1) is 0 Å². The third kappa shape index (κ3) is 3.05. The first-order valence-electron chi connectivity index (χ1n) is 7.01. The number of nitrogens with zero attached hydrogens (tertiary/aromatic N) is 2. The largest absolute Gasteiger partial charge is 0.391 e. The van der Waals surface area contributed by atoms with Crippen LogP contribution in [0.4, 0.5) is 13.2 Å². The molecule has 120 valence electrons. The van der Waals surface area contributed by atoms with Gasteiger partial charge in [0, 0.05) is 12.6 Å². The molecule has 1 aliphatic rings. The fourth-order valence-corrected chi connectivity index (χ4v) is 2.75. The van der Waals surface area contributed by atoms with Crippen molar-refractivity contribution in [2.45, 2.75) is 18.6 Å². The zero-order valence-electron chi connectivity index (χ0n) is 11.9. The molecule has 4 nitrogen and oxygen atoms in total. The summed E-state index contributed by atoms with van der Waals surface area (Å²) in [4.78, 5) is 17.3. The first kappa shape index (κ1) is 15.5. The summed E-state index contributed by atoms with van der Waals surface area (Å²) in [5.41, 5.74) is 0.117. The van der Waals surface area contributed by atoms with E-state index in [1.165, 1.54) is 29.2 Å². The Balaban J connectivity index is 1.92. The molecule has 23 heavy (non-hydrogen) atoms. The van der Waals surface area contributed by atoms with Crippen molar-refractivity contribution < 1.29 is 23.1 Å². The third-order valence-electron chi connectivity index (χ3n) is 3.81. The van der Waals surface area contributed by atoms with Crippen molar-refractivity contribution in [1.29, 1.82) is 0 Å². The SMILES string of the molecule is O=C(c1ncc(F)cc1F)N1C[C@H](O)C[C@H]1c1ccc(F)cc1. The molecule has 2 heterocycles. The van der Waals surface area contributed by atoms with E-state index in [1.54, 1.807) is 0 Å². The lowest BCUT2D eigenvalue weighted by Gasteiger charge is -2.24. The van der Waals surface area contributed by atoms with Crippen molar-refractivity contribution >= 4 is 5.91 Å². The van der Waals surface area contributed by atoms with Crippen molar-refractivity contribution in [3.05, 3.63) is 65.2 Å². The van der Waals surface area contributed by atoms with Crippen LogP contribution in [0.15, 0.2) is 36.5 Å². The van der Waals surface area contributed by atoms with Gasteiger partial charge in [0.1, 0.15) is 11.6 Å². The number of aliphatic hydroxyl groups is 1. The molecule has 1 amide bonds. The predicted molar refractivity (Wildman–Crippen MR) is 75.0 cm³/mol. The van der Waals surface area contributed by atoms with Gasteiger partial charge in [-0.1, -0.05) is 12.1 Å². The lowest BCUT2D eigenvalue weighted by Crippen LogP contribution is -2.33. The standard InChI is InChI=1S/C16H13F3N2O2/c17-10-3-1-9(2-4-10)14-6-12(22)8-21(14)16(23)15-13(19)5-11(18)7-20-15/h1-5,7,12,14,22H,6,8H2/t12-,14+/m1/s1. The van der Waals surface area contributed by atoms with Crippen molar-refractivity contribution in [3.63, 3.8) is 0 Å². The molecule has 1 fully saturated rings. The number of aromatic nitrogens is 1. The Hall–Kier alpha value is -2.41. The number of pyridine rings is 1. The fraction of sp³-hybridized carbons (Fsp3) is 0.250. The normalized spacial score (nSPS) is 20.8. The molecule has 0 saturated carbocycles. The summed E-state index contributed by atoms with van der Waals surface area (Å²) in [6, 6.07) is 5.57. The Morgan fingerprint density at radius 2 is 1.87 bits per heavy atom. The zero-order chi connectivity index (χ0) is 16.6. The van der Waals surface area contributed by atoms with Gasteiger partial charge >= 0.3 is 0 Å². The second kappa shape index (κ2) is 6.00. The summed E-state index contributed by atoms with van der Waals surface area (Å²) in [6.07, 6.45) is 0.230. The van der Waals surface area contributed by atoms with E-state index in [2.05, 4.69) is 4.98 Å². The number of hydrogen-bond acceptors (Lipinski definition) is 3. The van der Waals surface area contributed by atoms with Gasteiger partial charge in [-0.05, 0) is 24.1 Å². The Labute approximate surface area is 130 Å². The van der Waals surface area contributed by atoms with Gasteiger partial charge in [-0.2, -0.15) is 0 Å².